The fourth-order valence-electron chi connectivity index (χ4n) is 4.50. The Balaban J connectivity index is 1.45. The number of thiazole rings is 1. The van der Waals surface area contributed by atoms with Gasteiger partial charge in [-0.05, 0) is 46.7 Å². The Morgan fingerprint density at radius 2 is 1.74 bits per heavy atom. The van der Waals surface area contributed by atoms with E-state index in [-0.39, 0.29) is 5.82 Å². The molecule has 8 nitrogen and oxygen atoms in total. The van der Waals surface area contributed by atoms with E-state index in [9.17, 15) is 4.39 Å². The Labute approximate surface area is 228 Å². The summed E-state index contributed by atoms with van der Waals surface area (Å²) in [6, 6.07) is 26.9. The van der Waals surface area contributed by atoms with Crippen molar-refractivity contribution in [3.8, 4) is 22.6 Å². The van der Waals surface area contributed by atoms with E-state index in [1.54, 1.807) is 6.07 Å². The summed E-state index contributed by atoms with van der Waals surface area (Å²) in [5.41, 5.74) is 5.28. The molecule has 0 aliphatic heterocycles. The third-order valence-electron chi connectivity index (χ3n) is 6.25. The smallest absolute Gasteiger partial charge is 0.188 e. The number of hydrogen-bond donors (Lipinski definition) is 2. The normalized spacial score (nSPS) is 11.1. The zero-order valence-electron chi connectivity index (χ0n) is 21.2. The minimum atomic E-state index is -0.277. The zero-order valence-corrected chi connectivity index (χ0v) is 22.0. The fraction of sp³-hybridized carbons (Fsp3) is 0.138. The minimum Gasteiger partial charge on any atom is -0.352 e. The van der Waals surface area contributed by atoms with E-state index >= 15 is 0 Å². The molecule has 6 aromatic rings. The highest BCUT2D eigenvalue weighted by Gasteiger charge is 2.17. The molecule has 3 heterocycles. The summed E-state index contributed by atoms with van der Waals surface area (Å²) in [5, 5.41) is 18.6. The number of H-pyrrole nitrogens is 1. The molecule has 2 N–H and O–H groups in total. The highest BCUT2D eigenvalue weighted by molar-refractivity contribution is 7.22. The highest BCUT2D eigenvalue weighted by Crippen LogP contribution is 2.35. The standard InChI is InChI=1S/C29H25FN8S/c1-2-14-38(18-19-8-4-3-5-9-19)27-17-21(31-29-33-24-13-12-20(30)15-26(24)39-29)16-25(32-27)22-10-6-7-11-23(22)28-34-36-37-35-28/h3-13,15-17H,2,14,18H2,1H3,(H,31,32,33)(H,34,35,36,37). The van der Waals surface area contributed by atoms with Crippen molar-refractivity contribution in [2.75, 3.05) is 16.8 Å². The molecule has 0 atom stereocenters. The van der Waals surface area contributed by atoms with Crippen LogP contribution >= 0.6 is 11.3 Å². The number of benzene rings is 3. The van der Waals surface area contributed by atoms with Gasteiger partial charge < -0.3 is 10.2 Å². The van der Waals surface area contributed by atoms with Crippen molar-refractivity contribution < 1.29 is 4.39 Å². The van der Waals surface area contributed by atoms with E-state index in [0.29, 0.717) is 11.0 Å². The van der Waals surface area contributed by atoms with Gasteiger partial charge in [0, 0.05) is 36.0 Å². The Bertz CT molecular complexity index is 1700. The van der Waals surface area contributed by atoms with Gasteiger partial charge in [0.15, 0.2) is 11.0 Å². The Hall–Kier alpha value is -4.70. The number of fused-ring (bicyclic) bond motifs is 1. The van der Waals surface area contributed by atoms with Crippen molar-refractivity contribution in [3.05, 3.63) is 96.3 Å². The van der Waals surface area contributed by atoms with Crippen LogP contribution in [0.1, 0.15) is 18.9 Å². The lowest BCUT2D eigenvalue weighted by Gasteiger charge is -2.25. The molecule has 0 saturated heterocycles. The van der Waals surface area contributed by atoms with Crippen LogP contribution in [0.4, 0.5) is 21.0 Å². The van der Waals surface area contributed by atoms with Crippen molar-refractivity contribution in [3.63, 3.8) is 0 Å². The molecule has 0 amide bonds. The molecular formula is C29H25FN8S. The van der Waals surface area contributed by atoms with Gasteiger partial charge in [0.2, 0.25) is 0 Å². The van der Waals surface area contributed by atoms with Gasteiger partial charge in [0.1, 0.15) is 11.6 Å². The fourth-order valence-corrected chi connectivity index (χ4v) is 5.41. The SMILES string of the molecule is CCCN(Cc1ccccc1)c1cc(Nc2nc3ccc(F)cc3s2)cc(-c2ccccc2-c2nnn[nH]2)n1. The molecule has 0 bridgehead atoms. The van der Waals surface area contributed by atoms with Gasteiger partial charge >= 0.3 is 0 Å². The molecule has 0 aliphatic rings. The zero-order chi connectivity index (χ0) is 26.6. The number of pyridine rings is 1. The van der Waals surface area contributed by atoms with Crippen LogP contribution in [0.15, 0.2) is 84.9 Å². The number of aromatic nitrogens is 6. The third kappa shape index (κ3) is 5.46. The number of halogens is 1. The summed E-state index contributed by atoms with van der Waals surface area (Å²) in [5.74, 6) is 1.12. The van der Waals surface area contributed by atoms with E-state index in [2.05, 4.69) is 54.9 Å². The Morgan fingerprint density at radius 1 is 0.923 bits per heavy atom. The second kappa shape index (κ2) is 11.0. The van der Waals surface area contributed by atoms with E-state index in [1.807, 2.05) is 54.6 Å². The summed E-state index contributed by atoms with van der Waals surface area (Å²) in [6.45, 7) is 3.71. The second-order valence-electron chi connectivity index (χ2n) is 9.06. The molecule has 3 aromatic carbocycles. The third-order valence-corrected chi connectivity index (χ3v) is 7.18. The lowest BCUT2D eigenvalue weighted by molar-refractivity contribution is 0.630. The molecule has 3 aromatic heterocycles. The molecular weight excluding hydrogens is 511 g/mol. The van der Waals surface area contributed by atoms with Gasteiger partial charge in [-0.15, -0.1) is 5.10 Å². The van der Waals surface area contributed by atoms with E-state index < -0.39 is 0 Å². The summed E-state index contributed by atoms with van der Waals surface area (Å²) in [7, 11) is 0. The molecule has 39 heavy (non-hydrogen) atoms. The number of hydrogen-bond acceptors (Lipinski definition) is 8. The topological polar surface area (TPSA) is 95.5 Å². The van der Waals surface area contributed by atoms with Crippen molar-refractivity contribution in [2.45, 2.75) is 19.9 Å². The molecule has 0 fully saturated rings. The Kier molecular flexibility index (Phi) is 6.92. The van der Waals surface area contributed by atoms with Crippen LogP contribution in [0.25, 0.3) is 32.9 Å². The van der Waals surface area contributed by atoms with Gasteiger partial charge in [-0.2, -0.15) is 0 Å². The van der Waals surface area contributed by atoms with Crippen LogP contribution in [0.3, 0.4) is 0 Å². The predicted molar refractivity (Wildman–Crippen MR) is 153 cm³/mol. The summed E-state index contributed by atoms with van der Waals surface area (Å²) < 4.78 is 14.6. The van der Waals surface area contributed by atoms with Crippen molar-refractivity contribution >= 4 is 38.2 Å². The summed E-state index contributed by atoms with van der Waals surface area (Å²) in [6.07, 6.45) is 0.964. The van der Waals surface area contributed by atoms with Crippen LogP contribution in [-0.4, -0.2) is 37.1 Å². The molecule has 6 rings (SSSR count). The van der Waals surface area contributed by atoms with Gasteiger partial charge in [-0.25, -0.2) is 19.5 Å². The molecule has 10 heteroatoms. The molecule has 0 unspecified atom stereocenters. The minimum absolute atomic E-state index is 0.277. The first kappa shape index (κ1) is 24.6. The van der Waals surface area contributed by atoms with Gasteiger partial charge in [-0.3, -0.25) is 0 Å². The predicted octanol–water partition coefficient (Wildman–Crippen LogP) is 6.84. The molecule has 194 valence electrons. The second-order valence-corrected chi connectivity index (χ2v) is 10.1. The molecule has 0 spiro atoms. The van der Waals surface area contributed by atoms with Crippen LogP contribution in [0, 0.1) is 5.82 Å². The number of tetrazole rings is 1. The average Bonchev–Trinajstić information content (AvgIpc) is 3.63. The van der Waals surface area contributed by atoms with E-state index in [1.165, 1.54) is 29.0 Å². The van der Waals surface area contributed by atoms with Crippen LogP contribution in [0.2, 0.25) is 0 Å². The van der Waals surface area contributed by atoms with E-state index in [0.717, 1.165) is 58.1 Å². The number of rotatable bonds is 9. The monoisotopic (exact) mass is 536 g/mol. The van der Waals surface area contributed by atoms with Gasteiger partial charge in [0.25, 0.3) is 0 Å². The largest absolute Gasteiger partial charge is 0.352 e. The van der Waals surface area contributed by atoms with Gasteiger partial charge in [0.05, 0.1) is 15.9 Å². The first-order valence-corrected chi connectivity index (χ1v) is 13.5. The first-order valence-electron chi connectivity index (χ1n) is 12.6. The summed E-state index contributed by atoms with van der Waals surface area (Å²) in [4.78, 5) is 12.1. The lowest BCUT2D eigenvalue weighted by Crippen LogP contribution is -2.24. The van der Waals surface area contributed by atoms with E-state index in [4.69, 9.17) is 4.98 Å². The molecule has 0 saturated carbocycles. The highest BCUT2D eigenvalue weighted by atomic mass is 32.1. The molecule has 0 aliphatic carbocycles. The van der Waals surface area contributed by atoms with Crippen molar-refractivity contribution in [1.82, 2.24) is 30.6 Å². The lowest BCUT2D eigenvalue weighted by atomic mass is 10.0. The van der Waals surface area contributed by atoms with Crippen molar-refractivity contribution in [1.29, 1.82) is 0 Å². The first-order chi connectivity index (χ1) is 19.2. The molecule has 0 radical (unpaired) electrons. The summed E-state index contributed by atoms with van der Waals surface area (Å²) >= 11 is 1.41. The number of anilines is 3. The van der Waals surface area contributed by atoms with Crippen LogP contribution in [0.5, 0.6) is 0 Å². The van der Waals surface area contributed by atoms with Gasteiger partial charge in [-0.1, -0.05) is 72.9 Å². The number of nitrogens with zero attached hydrogens (tertiary/aromatic N) is 6. The van der Waals surface area contributed by atoms with Crippen LogP contribution in [-0.2, 0) is 6.54 Å². The number of nitrogens with one attached hydrogen (secondary N) is 2. The number of aromatic amines is 1. The quantitative estimate of drug-likeness (QED) is 0.209. The maximum Gasteiger partial charge on any atom is 0.188 e. The maximum atomic E-state index is 13.8. The maximum absolute atomic E-state index is 13.8. The van der Waals surface area contributed by atoms with Crippen molar-refractivity contribution in [2.24, 2.45) is 0 Å². The Morgan fingerprint density at radius 3 is 2.54 bits per heavy atom. The van der Waals surface area contributed by atoms with Crippen LogP contribution < -0.4 is 10.2 Å². The average molecular weight is 537 g/mol.